The van der Waals surface area contributed by atoms with Crippen molar-refractivity contribution in [3.8, 4) is 22.5 Å². The van der Waals surface area contributed by atoms with Crippen LogP contribution in [0.2, 0.25) is 0 Å². The van der Waals surface area contributed by atoms with Gasteiger partial charge in [0.15, 0.2) is 0 Å². The van der Waals surface area contributed by atoms with Gasteiger partial charge in [0.05, 0.1) is 23.5 Å². The number of H-pyrrole nitrogens is 1. The molecule has 2 aliphatic rings. The van der Waals surface area contributed by atoms with Crippen LogP contribution in [0, 0.1) is 0 Å². The SMILES string of the molecule is CCCCc1nc2ccc([C@@H]3C[C@@H]4c5ccccc5CCN4O3)cc2c(=O)n1Cc1ccc(-c2ccccc2-c2nn[nH]n2)cc1. The number of unbranched alkanes of at least 4 members (excludes halogenated alkanes) is 1. The molecule has 1 fully saturated rings. The molecule has 230 valence electrons. The van der Waals surface area contributed by atoms with Gasteiger partial charge in [0.25, 0.3) is 5.56 Å². The van der Waals surface area contributed by atoms with Crippen LogP contribution in [0.4, 0.5) is 0 Å². The first-order valence-electron chi connectivity index (χ1n) is 16.1. The highest BCUT2D eigenvalue weighted by Gasteiger charge is 2.38. The van der Waals surface area contributed by atoms with Crippen LogP contribution in [0.15, 0.2) is 95.8 Å². The first-order valence-corrected chi connectivity index (χ1v) is 16.1. The smallest absolute Gasteiger partial charge is 0.261 e. The van der Waals surface area contributed by atoms with Crippen molar-refractivity contribution < 1.29 is 4.84 Å². The largest absolute Gasteiger partial charge is 0.292 e. The summed E-state index contributed by atoms with van der Waals surface area (Å²) in [6.45, 7) is 3.49. The van der Waals surface area contributed by atoms with Crippen molar-refractivity contribution in [2.24, 2.45) is 0 Å². The van der Waals surface area contributed by atoms with Crippen molar-refractivity contribution in [3.63, 3.8) is 0 Å². The Morgan fingerprint density at radius 2 is 1.78 bits per heavy atom. The number of nitrogens with zero attached hydrogens (tertiary/aromatic N) is 6. The number of nitrogens with one attached hydrogen (secondary N) is 1. The van der Waals surface area contributed by atoms with E-state index in [4.69, 9.17) is 9.82 Å². The fourth-order valence-electron chi connectivity index (χ4n) is 6.96. The van der Waals surface area contributed by atoms with Crippen LogP contribution in [0.3, 0.4) is 0 Å². The minimum Gasteiger partial charge on any atom is -0.292 e. The minimum atomic E-state index is -0.101. The van der Waals surface area contributed by atoms with E-state index in [0.29, 0.717) is 17.8 Å². The van der Waals surface area contributed by atoms with Crippen LogP contribution in [-0.2, 0) is 24.2 Å². The Hall–Kier alpha value is -4.99. The van der Waals surface area contributed by atoms with E-state index in [-0.39, 0.29) is 17.7 Å². The number of aromatic amines is 1. The summed E-state index contributed by atoms with van der Waals surface area (Å²) in [4.78, 5) is 25.7. The monoisotopic (exact) mass is 609 g/mol. The summed E-state index contributed by atoms with van der Waals surface area (Å²) in [6, 6.07) is 31.3. The third kappa shape index (κ3) is 5.21. The van der Waals surface area contributed by atoms with Gasteiger partial charge in [-0.25, -0.2) is 4.98 Å². The molecule has 9 heteroatoms. The van der Waals surface area contributed by atoms with Crippen molar-refractivity contribution >= 4 is 10.9 Å². The van der Waals surface area contributed by atoms with Gasteiger partial charge >= 0.3 is 0 Å². The molecule has 0 aliphatic carbocycles. The second-order valence-corrected chi connectivity index (χ2v) is 12.2. The summed E-state index contributed by atoms with van der Waals surface area (Å²) in [7, 11) is 0. The number of fused-ring (bicyclic) bond motifs is 4. The molecule has 0 saturated carbocycles. The molecule has 8 rings (SSSR count). The lowest BCUT2D eigenvalue weighted by Gasteiger charge is -2.29. The molecule has 6 aromatic rings. The van der Waals surface area contributed by atoms with E-state index in [1.807, 2.05) is 34.9 Å². The summed E-state index contributed by atoms with van der Waals surface area (Å²) in [5, 5.41) is 17.4. The van der Waals surface area contributed by atoms with E-state index in [9.17, 15) is 4.79 Å². The van der Waals surface area contributed by atoms with Gasteiger partial charge in [-0.3, -0.25) is 14.2 Å². The van der Waals surface area contributed by atoms with Crippen molar-refractivity contribution in [1.29, 1.82) is 0 Å². The Morgan fingerprint density at radius 3 is 2.61 bits per heavy atom. The Morgan fingerprint density at radius 1 is 0.957 bits per heavy atom. The molecule has 1 saturated heterocycles. The number of rotatable bonds is 8. The number of aromatic nitrogens is 6. The lowest BCUT2D eigenvalue weighted by molar-refractivity contribution is -0.167. The van der Waals surface area contributed by atoms with Crippen molar-refractivity contribution in [2.75, 3.05) is 6.54 Å². The Labute approximate surface area is 266 Å². The van der Waals surface area contributed by atoms with E-state index >= 15 is 0 Å². The lowest BCUT2D eigenvalue weighted by atomic mass is 9.90. The van der Waals surface area contributed by atoms with E-state index in [2.05, 4.69) is 93.3 Å². The molecule has 2 atom stereocenters. The highest BCUT2D eigenvalue weighted by atomic mass is 16.7. The molecule has 0 unspecified atom stereocenters. The number of hydrogen-bond acceptors (Lipinski definition) is 7. The Bertz CT molecular complexity index is 2070. The van der Waals surface area contributed by atoms with Gasteiger partial charge in [-0.05, 0) is 63.6 Å². The molecule has 4 aromatic carbocycles. The average Bonchev–Trinajstić information content (AvgIpc) is 3.80. The summed E-state index contributed by atoms with van der Waals surface area (Å²) in [5.74, 6) is 1.38. The standard InChI is InChI=1S/C37H35N7O2/c1-2-3-12-35-38-32-18-17-27(34-22-33-29-10-5-4-8-25(29)19-20-44(33)46-34)21-31(32)37(45)43(35)23-24-13-15-26(16-14-24)28-9-6-7-11-30(28)36-39-41-42-40-36/h4-11,13-18,21,33-34H,2-3,12,19-20,22-23H2,1H3,(H,39,40,41,42)/t33-,34+/m1/s1. The van der Waals surface area contributed by atoms with Crippen LogP contribution < -0.4 is 5.56 Å². The lowest BCUT2D eigenvalue weighted by Crippen LogP contribution is -2.29. The number of hydroxylamine groups is 2. The number of tetrazole rings is 1. The maximum atomic E-state index is 14.2. The fraction of sp³-hybridized carbons (Fsp3) is 0.270. The maximum absolute atomic E-state index is 14.2. The number of hydrogen-bond donors (Lipinski definition) is 1. The van der Waals surface area contributed by atoms with Gasteiger partial charge in [-0.15, -0.1) is 10.2 Å². The van der Waals surface area contributed by atoms with Gasteiger partial charge in [-0.2, -0.15) is 10.3 Å². The molecular formula is C37H35N7O2. The van der Waals surface area contributed by atoms with Crippen LogP contribution in [0.25, 0.3) is 33.4 Å². The number of aryl methyl sites for hydroxylation is 1. The fourth-order valence-corrected chi connectivity index (χ4v) is 6.96. The predicted molar refractivity (Wildman–Crippen MR) is 177 cm³/mol. The molecule has 0 spiro atoms. The summed E-state index contributed by atoms with van der Waals surface area (Å²) < 4.78 is 1.86. The highest BCUT2D eigenvalue weighted by Crippen LogP contribution is 2.45. The third-order valence-electron chi connectivity index (χ3n) is 9.37. The van der Waals surface area contributed by atoms with Crippen LogP contribution in [0.5, 0.6) is 0 Å². The highest BCUT2D eigenvalue weighted by molar-refractivity contribution is 5.80. The topological polar surface area (TPSA) is 102 Å². The van der Waals surface area contributed by atoms with Crippen LogP contribution >= 0.6 is 0 Å². The van der Waals surface area contributed by atoms with Gasteiger partial charge in [-0.1, -0.05) is 92.2 Å². The second-order valence-electron chi connectivity index (χ2n) is 12.2. The molecule has 1 N–H and O–H groups in total. The second kappa shape index (κ2) is 12.1. The van der Waals surface area contributed by atoms with Crippen molar-refractivity contribution in [3.05, 3.63) is 129 Å². The predicted octanol–water partition coefficient (Wildman–Crippen LogP) is 6.61. The normalized spacial score (nSPS) is 17.7. The Kier molecular flexibility index (Phi) is 7.48. The zero-order valence-electron chi connectivity index (χ0n) is 25.8. The Balaban J connectivity index is 1.11. The van der Waals surface area contributed by atoms with E-state index in [1.54, 1.807) is 0 Å². The number of benzene rings is 4. The molecule has 0 bridgehead atoms. The first-order chi connectivity index (χ1) is 22.7. The van der Waals surface area contributed by atoms with Crippen LogP contribution in [-0.4, -0.2) is 41.8 Å². The maximum Gasteiger partial charge on any atom is 0.261 e. The van der Waals surface area contributed by atoms with Crippen molar-refractivity contribution in [1.82, 2.24) is 35.2 Å². The molecule has 0 amide bonds. The van der Waals surface area contributed by atoms with Gasteiger partial charge < -0.3 is 0 Å². The molecule has 9 nitrogen and oxygen atoms in total. The van der Waals surface area contributed by atoms with Gasteiger partial charge in [0, 0.05) is 24.9 Å². The van der Waals surface area contributed by atoms with Gasteiger partial charge in [0.1, 0.15) is 11.9 Å². The van der Waals surface area contributed by atoms with Crippen molar-refractivity contribution in [2.45, 2.75) is 57.7 Å². The van der Waals surface area contributed by atoms with E-state index < -0.39 is 0 Å². The summed E-state index contributed by atoms with van der Waals surface area (Å²) in [5.41, 5.74) is 8.51. The van der Waals surface area contributed by atoms with E-state index in [0.717, 1.165) is 77.8 Å². The van der Waals surface area contributed by atoms with E-state index in [1.165, 1.54) is 11.1 Å². The third-order valence-corrected chi connectivity index (χ3v) is 9.37. The molecular weight excluding hydrogens is 574 g/mol. The zero-order valence-corrected chi connectivity index (χ0v) is 25.8. The molecule has 0 radical (unpaired) electrons. The molecule has 2 aliphatic heterocycles. The quantitative estimate of drug-likeness (QED) is 0.207. The molecule has 2 aromatic heterocycles. The summed E-state index contributed by atoms with van der Waals surface area (Å²) >= 11 is 0. The zero-order chi connectivity index (χ0) is 31.0. The first kappa shape index (κ1) is 28.5. The average molecular weight is 610 g/mol. The van der Waals surface area contributed by atoms with Crippen LogP contribution in [0.1, 0.15) is 66.4 Å². The van der Waals surface area contributed by atoms with Gasteiger partial charge in [0.2, 0.25) is 5.82 Å². The molecule has 4 heterocycles. The molecule has 46 heavy (non-hydrogen) atoms. The minimum absolute atomic E-state index is 0.00875. The summed E-state index contributed by atoms with van der Waals surface area (Å²) in [6.07, 6.45) is 4.49.